The molecule has 0 radical (unpaired) electrons. The van der Waals surface area contributed by atoms with Crippen LogP contribution in [0, 0.1) is 11.7 Å². The van der Waals surface area contributed by atoms with Gasteiger partial charge in [0.05, 0.1) is 18.2 Å². The summed E-state index contributed by atoms with van der Waals surface area (Å²) < 4.78 is 20.4. The number of thioether (sulfide) groups is 1. The van der Waals surface area contributed by atoms with Gasteiger partial charge in [-0.25, -0.2) is 9.38 Å². The molecule has 46 heavy (non-hydrogen) atoms. The van der Waals surface area contributed by atoms with E-state index in [0.717, 1.165) is 42.8 Å². The summed E-state index contributed by atoms with van der Waals surface area (Å²) in [6.07, 6.45) is 3.62. The lowest BCUT2D eigenvalue weighted by Gasteiger charge is -2.38. The molecule has 4 heterocycles. The highest BCUT2D eigenvalue weighted by molar-refractivity contribution is 8.18. The SMILES string of the molecule is COc1ccc([C@]2(C)N=C3SC(C(=O)N4[C@H](C)CC[C@@H]4C(=O)N4CCNC5(CC5)C4)=C(C(C)C)N3[C@@H]2c2ccc(Cl)c(F)c2)cc1. The standard InChI is InChI=1S/C35H41ClFN5O3S/c1-20(2)28-29(32(44)41-21(3)6-13-27(41)31(43)40-17-16-38-35(19-40)14-15-35)46-33-39-34(4,23-8-10-24(45-5)11-9-23)30(42(28)33)22-7-12-25(36)26(37)18-22/h7-12,18,20-21,27,30,38H,6,13-17,19H2,1-5H3/t21-,27-,30-,34+/m1/s1. The first-order valence-corrected chi connectivity index (χ1v) is 17.4. The zero-order valence-corrected chi connectivity index (χ0v) is 28.6. The van der Waals surface area contributed by atoms with Crippen LogP contribution in [0.5, 0.6) is 5.75 Å². The number of carbonyl (C=O) groups is 2. The number of piperazine rings is 1. The Labute approximate surface area is 279 Å². The number of aliphatic imine (C=N–C) groups is 1. The van der Waals surface area contributed by atoms with Crippen LogP contribution in [0.2, 0.25) is 5.02 Å². The summed E-state index contributed by atoms with van der Waals surface area (Å²) in [4.78, 5) is 40.5. The van der Waals surface area contributed by atoms with Gasteiger partial charge in [-0.3, -0.25) is 9.59 Å². The maximum absolute atomic E-state index is 15.0. The first-order chi connectivity index (χ1) is 22.0. The molecule has 2 amide bonds. The molecule has 4 atom stereocenters. The Kier molecular flexibility index (Phi) is 7.92. The van der Waals surface area contributed by atoms with Crippen LogP contribution in [0.4, 0.5) is 4.39 Å². The van der Waals surface area contributed by atoms with Gasteiger partial charge in [-0.05, 0) is 92.6 Å². The third-order valence-corrected chi connectivity index (χ3v) is 11.8. The normalized spacial score (nSPS) is 28.3. The summed E-state index contributed by atoms with van der Waals surface area (Å²) in [5.74, 6) is 0.106. The molecule has 7 rings (SSSR count). The highest BCUT2D eigenvalue weighted by Gasteiger charge is 2.55. The lowest BCUT2D eigenvalue weighted by atomic mass is 9.81. The minimum absolute atomic E-state index is 0.0491. The molecule has 3 fully saturated rings. The van der Waals surface area contributed by atoms with Crippen molar-refractivity contribution in [3.63, 3.8) is 0 Å². The summed E-state index contributed by atoms with van der Waals surface area (Å²) in [7, 11) is 1.63. The molecule has 1 N–H and O–H groups in total. The van der Waals surface area contributed by atoms with Crippen molar-refractivity contribution in [2.75, 3.05) is 26.7 Å². The first-order valence-electron chi connectivity index (χ1n) is 16.2. The zero-order valence-electron chi connectivity index (χ0n) is 27.0. The van der Waals surface area contributed by atoms with Crippen LogP contribution < -0.4 is 10.1 Å². The molecular weight excluding hydrogens is 625 g/mol. The number of halogens is 2. The summed E-state index contributed by atoms with van der Waals surface area (Å²) in [6, 6.07) is 11.7. The number of ether oxygens (including phenoxy) is 1. The van der Waals surface area contributed by atoms with Crippen LogP contribution >= 0.6 is 23.4 Å². The van der Waals surface area contributed by atoms with Crippen molar-refractivity contribution in [1.29, 1.82) is 0 Å². The molecule has 0 aromatic heterocycles. The van der Waals surface area contributed by atoms with E-state index in [4.69, 9.17) is 21.3 Å². The van der Waals surface area contributed by atoms with Gasteiger partial charge in [-0.2, -0.15) is 0 Å². The summed E-state index contributed by atoms with van der Waals surface area (Å²) in [5, 5.41) is 4.33. The number of carbonyl (C=O) groups excluding carboxylic acids is 2. The van der Waals surface area contributed by atoms with Crippen LogP contribution in [-0.4, -0.2) is 76.0 Å². The molecule has 11 heteroatoms. The molecule has 2 saturated heterocycles. The lowest BCUT2D eigenvalue weighted by Crippen LogP contribution is -2.58. The quantitative estimate of drug-likeness (QED) is 0.404. The maximum Gasteiger partial charge on any atom is 0.263 e. The number of nitrogens with zero attached hydrogens (tertiary/aromatic N) is 4. The Morgan fingerprint density at radius 3 is 2.54 bits per heavy atom. The predicted molar refractivity (Wildman–Crippen MR) is 179 cm³/mol. The number of amidine groups is 1. The van der Waals surface area contributed by atoms with Gasteiger partial charge in [0.2, 0.25) is 5.91 Å². The largest absolute Gasteiger partial charge is 0.497 e. The predicted octanol–water partition coefficient (Wildman–Crippen LogP) is 6.07. The molecule has 2 aromatic carbocycles. The molecule has 1 aliphatic carbocycles. The molecule has 5 aliphatic rings. The summed E-state index contributed by atoms with van der Waals surface area (Å²) in [6.45, 7) is 10.4. The fourth-order valence-corrected chi connectivity index (χ4v) is 9.24. The maximum atomic E-state index is 15.0. The Balaban J connectivity index is 1.27. The van der Waals surface area contributed by atoms with Gasteiger partial charge >= 0.3 is 0 Å². The second-order valence-corrected chi connectivity index (χ2v) is 15.2. The van der Waals surface area contributed by atoms with Crippen LogP contribution in [0.3, 0.4) is 0 Å². The third kappa shape index (κ3) is 5.11. The van der Waals surface area contributed by atoms with Crippen LogP contribution in [0.15, 0.2) is 58.1 Å². The van der Waals surface area contributed by atoms with Crippen molar-refractivity contribution in [1.82, 2.24) is 20.0 Å². The van der Waals surface area contributed by atoms with Crippen molar-refractivity contribution < 1.29 is 18.7 Å². The van der Waals surface area contributed by atoms with Crippen LogP contribution in [0.1, 0.15) is 70.5 Å². The van der Waals surface area contributed by atoms with Gasteiger partial charge in [-0.1, -0.05) is 43.6 Å². The van der Waals surface area contributed by atoms with Gasteiger partial charge in [0.25, 0.3) is 5.91 Å². The van der Waals surface area contributed by atoms with E-state index in [9.17, 15) is 9.59 Å². The van der Waals surface area contributed by atoms with Crippen molar-refractivity contribution in [2.45, 2.75) is 82.6 Å². The van der Waals surface area contributed by atoms with Gasteiger partial charge < -0.3 is 24.8 Å². The smallest absolute Gasteiger partial charge is 0.263 e. The third-order valence-electron chi connectivity index (χ3n) is 10.4. The Morgan fingerprint density at radius 1 is 1.15 bits per heavy atom. The highest BCUT2D eigenvalue weighted by atomic mass is 35.5. The Morgan fingerprint density at radius 2 is 1.89 bits per heavy atom. The Bertz CT molecular complexity index is 1640. The minimum atomic E-state index is -0.801. The van der Waals surface area contributed by atoms with Gasteiger partial charge in [-0.15, -0.1) is 0 Å². The zero-order chi connectivity index (χ0) is 32.5. The van der Waals surface area contributed by atoms with E-state index in [1.165, 1.54) is 17.8 Å². The van der Waals surface area contributed by atoms with E-state index >= 15 is 4.39 Å². The highest BCUT2D eigenvalue weighted by Crippen LogP contribution is 2.56. The monoisotopic (exact) mass is 665 g/mol. The number of amides is 2. The molecule has 0 unspecified atom stereocenters. The fourth-order valence-electron chi connectivity index (χ4n) is 7.77. The van der Waals surface area contributed by atoms with Crippen molar-refractivity contribution >= 4 is 40.3 Å². The topological polar surface area (TPSA) is 77.5 Å². The number of hydrogen-bond donors (Lipinski definition) is 1. The molecule has 244 valence electrons. The van der Waals surface area contributed by atoms with E-state index < -0.39 is 23.4 Å². The number of allylic oxidation sites excluding steroid dienone is 1. The molecule has 8 nitrogen and oxygen atoms in total. The second-order valence-electron chi connectivity index (χ2n) is 13.8. The van der Waals surface area contributed by atoms with Crippen LogP contribution in [0.25, 0.3) is 0 Å². The number of methoxy groups -OCH3 is 1. The van der Waals surface area contributed by atoms with Crippen molar-refractivity contribution in [2.24, 2.45) is 10.9 Å². The number of nitrogens with one attached hydrogen (secondary N) is 1. The Hall–Kier alpha value is -3.08. The van der Waals surface area contributed by atoms with Crippen LogP contribution in [-0.2, 0) is 15.1 Å². The van der Waals surface area contributed by atoms with Gasteiger partial charge in [0.15, 0.2) is 5.17 Å². The van der Waals surface area contributed by atoms with Crippen molar-refractivity contribution in [3.8, 4) is 5.75 Å². The van der Waals surface area contributed by atoms with Gasteiger partial charge in [0.1, 0.15) is 28.1 Å². The first kappa shape index (κ1) is 31.5. The number of hydrogen-bond acceptors (Lipinski definition) is 7. The van der Waals surface area contributed by atoms with E-state index in [1.807, 2.05) is 47.1 Å². The summed E-state index contributed by atoms with van der Waals surface area (Å²) >= 11 is 7.50. The number of fused-ring (bicyclic) bond motifs is 1. The molecular formula is C35H41ClFN5O3S. The molecule has 4 aliphatic heterocycles. The number of likely N-dealkylation sites (tertiary alicyclic amines) is 1. The van der Waals surface area contributed by atoms with Gasteiger partial charge in [0, 0.05) is 36.9 Å². The lowest BCUT2D eigenvalue weighted by molar-refractivity contribution is -0.144. The number of benzene rings is 2. The number of rotatable bonds is 6. The van der Waals surface area contributed by atoms with E-state index in [-0.39, 0.29) is 34.3 Å². The average Bonchev–Trinajstić information content (AvgIpc) is 3.36. The molecule has 2 aromatic rings. The summed E-state index contributed by atoms with van der Waals surface area (Å²) in [5.41, 5.74) is 1.76. The van der Waals surface area contributed by atoms with E-state index in [2.05, 4.69) is 31.0 Å². The molecule has 1 spiro atoms. The van der Waals surface area contributed by atoms with E-state index in [1.54, 1.807) is 13.2 Å². The molecule has 0 bridgehead atoms. The minimum Gasteiger partial charge on any atom is -0.497 e. The van der Waals surface area contributed by atoms with E-state index in [0.29, 0.717) is 35.1 Å². The fraction of sp³-hybridized carbons (Fsp3) is 0.514. The average molecular weight is 666 g/mol. The second kappa shape index (κ2) is 11.6. The molecule has 1 saturated carbocycles. The van der Waals surface area contributed by atoms with Crippen molar-refractivity contribution in [3.05, 3.63) is 75.0 Å².